The number of aromatic amines is 1. The van der Waals surface area contributed by atoms with Crippen molar-refractivity contribution in [2.75, 3.05) is 0 Å². The molecule has 0 aliphatic rings. The lowest BCUT2D eigenvalue weighted by atomic mass is 10.2. The number of hydrogen-bond donors (Lipinski definition) is 1. The third kappa shape index (κ3) is 2.70. The first-order valence-electron chi connectivity index (χ1n) is 4.90. The van der Waals surface area contributed by atoms with Crippen LogP contribution in [0.15, 0.2) is 38.5 Å². The van der Waals surface area contributed by atoms with Gasteiger partial charge in [0.25, 0.3) is 5.56 Å². The molecule has 0 bridgehead atoms. The van der Waals surface area contributed by atoms with Crippen molar-refractivity contribution in [2.24, 2.45) is 0 Å². The van der Waals surface area contributed by atoms with Crippen molar-refractivity contribution in [1.82, 2.24) is 9.55 Å². The minimum Gasteiger partial charge on any atom is -0.295 e. The Hall–Kier alpha value is -1.40. The number of rotatable bonds is 2. The first kappa shape index (κ1) is 13.0. The highest BCUT2D eigenvalue weighted by Crippen LogP contribution is 2.17. The lowest BCUT2D eigenvalue weighted by Gasteiger charge is -2.06. The molecule has 0 spiro atoms. The lowest BCUT2D eigenvalue weighted by molar-refractivity contribution is 0.618. The Morgan fingerprint density at radius 3 is 2.78 bits per heavy atom. The van der Waals surface area contributed by atoms with Crippen LogP contribution in [0.3, 0.4) is 0 Å². The van der Waals surface area contributed by atoms with Crippen molar-refractivity contribution in [1.29, 1.82) is 0 Å². The third-order valence-corrected chi connectivity index (χ3v) is 3.18. The summed E-state index contributed by atoms with van der Waals surface area (Å²) in [5, 5.41) is -0.0734. The van der Waals surface area contributed by atoms with Crippen LogP contribution in [0.4, 0.5) is 4.39 Å². The summed E-state index contributed by atoms with van der Waals surface area (Å²) in [6.07, 6.45) is 1.25. The molecule has 0 radical (unpaired) electrons. The summed E-state index contributed by atoms with van der Waals surface area (Å²) in [7, 11) is 0. The molecule has 1 heterocycles. The number of H-pyrrole nitrogens is 1. The van der Waals surface area contributed by atoms with Crippen LogP contribution in [0.2, 0.25) is 5.02 Å². The highest BCUT2D eigenvalue weighted by molar-refractivity contribution is 9.10. The van der Waals surface area contributed by atoms with Crippen LogP contribution in [-0.4, -0.2) is 9.55 Å². The van der Waals surface area contributed by atoms with Crippen molar-refractivity contribution >= 4 is 27.5 Å². The summed E-state index contributed by atoms with van der Waals surface area (Å²) >= 11 is 8.69. The van der Waals surface area contributed by atoms with E-state index in [4.69, 9.17) is 11.6 Å². The zero-order chi connectivity index (χ0) is 13.3. The molecule has 0 saturated carbocycles. The van der Waals surface area contributed by atoms with Gasteiger partial charge in [-0.05, 0) is 33.6 Å². The highest BCUT2D eigenvalue weighted by atomic mass is 79.9. The summed E-state index contributed by atoms with van der Waals surface area (Å²) in [5.74, 6) is -0.384. The molecule has 0 aliphatic heterocycles. The van der Waals surface area contributed by atoms with E-state index in [1.807, 2.05) is 0 Å². The summed E-state index contributed by atoms with van der Waals surface area (Å²) in [6, 6.07) is 4.39. The standard InChI is InChI=1S/C11H7BrClFN2O2/c12-7-3-6(1-2-9(7)14)4-16-5-8(13)10(17)15-11(16)18/h1-3,5H,4H2,(H,15,17,18). The van der Waals surface area contributed by atoms with Gasteiger partial charge in [-0.2, -0.15) is 0 Å². The Kier molecular flexibility index (Phi) is 3.68. The molecule has 0 saturated heterocycles. The van der Waals surface area contributed by atoms with Crippen molar-refractivity contribution < 1.29 is 4.39 Å². The van der Waals surface area contributed by atoms with Gasteiger partial charge in [0.1, 0.15) is 10.8 Å². The maximum atomic E-state index is 13.0. The second-order valence-corrected chi connectivity index (χ2v) is 4.87. The largest absolute Gasteiger partial charge is 0.328 e. The Bertz CT molecular complexity index is 711. The summed E-state index contributed by atoms with van der Waals surface area (Å²) in [4.78, 5) is 24.7. The van der Waals surface area contributed by atoms with Crippen LogP contribution in [0, 0.1) is 5.82 Å². The number of aromatic nitrogens is 2. The molecule has 0 amide bonds. The molecule has 1 N–H and O–H groups in total. The van der Waals surface area contributed by atoms with Crippen LogP contribution in [0.5, 0.6) is 0 Å². The van der Waals surface area contributed by atoms with Gasteiger partial charge in [-0.3, -0.25) is 14.3 Å². The SMILES string of the molecule is O=c1[nH]c(=O)n(Cc2ccc(F)c(Br)c2)cc1Cl. The third-order valence-electron chi connectivity index (χ3n) is 2.30. The fraction of sp³-hybridized carbons (Fsp3) is 0.0909. The Labute approximate surface area is 114 Å². The van der Waals surface area contributed by atoms with E-state index in [1.165, 1.54) is 16.8 Å². The molecule has 7 heteroatoms. The Morgan fingerprint density at radius 2 is 2.11 bits per heavy atom. The molecule has 0 unspecified atom stereocenters. The van der Waals surface area contributed by atoms with E-state index >= 15 is 0 Å². The summed E-state index contributed by atoms with van der Waals surface area (Å²) in [6.45, 7) is 0.189. The van der Waals surface area contributed by atoms with Crippen molar-refractivity contribution in [3.05, 3.63) is 66.1 Å². The molecule has 94 valence electrons. The molecule has 1 aromatic heterocycles. The molecule has 0 atom stereocenters. The van der Waals surface area contributed by atoms with E-state index in [1.54, 1.807) is 12.1 Å². The predicted molar refractivity (Wildman–Crippen MR) is 69.5 cm³/mol. The van der Waals surface area contributed by atoms with E-state index in [-0.39, 0.29) is 17.4 Å². The van der Waals surface area contributed by atoms with Crippen LogP contribution in [-0.2, 0) is 6.54 Å². The number of benzene rings is 1. The molecular weight excluding hydrogens is 326 g/mol. The fourth-order valence-electron chi connectivity index (χ4n) is 1.43. The average molecular weight is 334 g/mol. The van der Waals surface area contributed by atoms with Crippen molar-refractivity contribution in [3.63, 3.8) is 0 Å². The van der Waals surface area contributed by atoms with Gasteiger partial charge >= 0.3 is 5.69 Å². The molecule has 1 aromatic carbocycles. The van der Waals surface area contributed by atoms with Gasteiger partial charge in [0.15, 0.2) is 0 Å². The van der Waals surface area contributed by atoms with Gasteiger partial charge in [-0.1, -0.05) is 17.7 Å². The second kappa shape index (κ2) is 5.07. The predicted octanol–water partition coefficient (Wildman–Crippen LogP) is 2.14. The maximum absolute atomic E-state index is 13.0. The topological polar surface area (TPSA) is 54.9 Å². The molecule has 2 aromatic rings. The molecule has 18 heavy (non-hydrogen) atoms. The quantitative estimate of drug-likeness (QED) is 0.915. The van der Waals surface area contributed by atoms with Crippen LogP contribution in [0.25, 0.3) is 0 Å². The van der Waals surface area contributed by atoms with E-state index < -0.39 is 11.2 Å². The molecule has 2 rings (SSSR count). The van der Waals surface area contributed by atoms with Crippen molar-refractivity contribution in [2.45, 2.75) is 6.54 Å². The fourth-order valence-corrected chi connectivity index (χ4v) is 2.03. The minimum atomic E-state index is -0.627. The summed E-state index contributed by atoms with van der Waals surface area (Å²) < 4.78 is 14.6. The number of nitrogens with one attached hydrogen (secondary N) is 1. The Balaban J connectivity index is 2.40. The van der Waals surface area contributed by atoms with Crippen LogP contribution < -0.4 is 11.2 Å². The maximum Gasteiger partial charge on any atom is 0.328 e. The first-order chi connectivity index (χ1) is 8.47. The lowest BCUT2D eigenvalue weighted by Crippen LogP contribution is -2.29. The normalized spacial score (nSPS) is 10.6. The number of nitrogens with zero attached hydrogens (tertiary/aromatic N) is 1. The van der Waals surface area contributed by atoms with Gasteiger partial charge < -0.3 is 0 Å². The van der Waals surface area contributed by atoms with Crippen LogP contribution in [0.1, 0.15) is 5.56 Å². The van der Waals surface area contributed by atoms with E-state index in [0.717, 1.165) is 0 Å². The monoisotopic (exact) mass is 332 g/mol. The number of halogens is 3. The molecule has 0 fully saturated rings. The second-order valence-electron chi connectivity index (χ2n) is 3.61. The van der Waals surface area contributed by atoms with E-state index in [2.05, 4.69) is 20.9 Å². The van der Waals surface area contributed by atoms with E-state index in [9.17, 15) is 14.0 Å². The Morgan fingerprint density at radius 1 is 1.39 bits per heavy atom. The van der Waals surface area contributed by atoms with Crippen LogP contribution >= 0.6 is 27.5 Å². The number of hydrogen-bond acceptors (Lipinski definition) is 2. The van der Waals surface area contributed by atoms with Gasteiger partial charge in [-0.25, -0.2) is 9.18 Å². The zero-order valence-corrected chi connectivity index (χ0v) is 11.3. The average Bonchev–Trinajstić information content (AvgIpc) is 2.31. The molecule has 0 aliphatic carbocycles. The zero-order valence-electron chi connectivity index (χ0n) is 8.91. The van der Waals surface area contributed by atoms with Gasteiger partial charge in [0.05, 0.1) is 11.0 Å². The highest BCUT2D eigenvalue weighted by Gasteiger charge is 2.05. The smallest absolute Gasteiger partial charge is 0.295 e. The van der Waals surface area contributed by atoms with Gasteiger partial charge in [-0.15, -0.1) is 0 Å². The first-order valence-corrected chi connectivity index (χ1v) is 6.07. The summed E-state index contributed by atoms with van der Waals surface area (Å²) in [5.41, 5.74) is -0.489. The van der Waals surface area contributed by atoms with E-state index in [0.29, 0.717) is 10.0 Å². The minimum absolute atomic E-state index is 0.0734. The molecular formula is C11H7BrClFN2O2. The van der Waals surface area contributed by atoms with Gasteiger partial charge in [0, 0.05) is 6.20 Å². The van der Waals surface area contributed by atoms with Gasteiger partial charge in [0.2, 0.25) is 0 Å². The molecule has 4 nitrogen and oxygen atoms in total. The van der Waals surface area contributed by atoms with Crippen molar-refractivity contribution in [3.8, 4) is 0 Å².